The van der Waals surface area contributed by atoms with E-state index < -0.39 is 0 Å². The van der Waals surface area contributed by atoms with Crippen molar-refractivity contribution in [2.45, 2.75) is 19.3 Å². The molecule has 2 aromatic heterocycles. The van der Waals surface area contributed by atoms with E-state index in [9.17, 15) is 9.59 Å². The fraction of sp³-hybridized carbons (Fsp3) is 0.208. The number of nitrogens with one attached hydrogen (secondary N) is 1. The van der Waals surface area contributed by atoms with Crippen LogP contribution in [-0.4, -0.2) is 25.8 Å². The number of benzene rings is 2. The van der Waals surface area contributed by atoms with Crippen LogP contribution in [0.2, 0.25) is 0 Å². The number of para-hydroxylation sites is 1. The predicted octanol–water partition coefficient (Wildman–Crippen LogP) is 4.10. The molecule has 6 heteroatoms. The summed E-state index contributed by atoms with van der Waals surface area (Å²) < 4.78 is 3.80. The number of ketones is 1. The van der Waals surface area contributed by atoms with Crippen LogP contribution in [0.25, 0.3) is 10.9 Å². The standard InChI is InChI=1S/C24H24N4O2/c1-27-14-13-25-24(27)23(30)17-7-5-9-19(15-17)26-22(29)12-6-8-18-16-28(2)21-11-4-3-10-20(18)21/h3-5,7,9-11,13-16H,6,8,12H2,1-2H3,(H,26,29). The van der Waals surface area contributed by atoms with Crippen LogP contribution in [0.5, 0.6) is 0 Å². The Kier molecular flexibility index (Phi) is 5.48. The molecule has 1 amide bonds. The summed E-state index contributed by atoms with van der Waals surface area (Å²) in [6.45, 7) is 0. The average molecular weight is 400 g/mol. The van der Waals surface area contributed by atoms with Crippen molar-refractivity contribution < 1.29 is 9.59 Å². The minimum absolute atomic E-state index is 0.0585. The average Bonchev–Trinajstić information content (AvgIpc) is 3.31. The normalized spacial score (nSPS) is 11.0. The Morgan fingerprint density at radius 1 is 1.03 bits per heavy atom. The molecule has 152 valence electrons. The highest BCUT2D eigenvalue weighted by Gasteiger charge is 2.14. The van der Waals surface area contributed by atoms with Crippen LogP contribution in [0.1, 0.15) is 34.6 Å². The molecule has 4 rings (SSSR count). The van der Waals surface area contributed by atoms with Crippen LogP contribution in [0, 0.1) is 0 Å². The third kappa shape index (κ3) is 4.03. The third-order valence-corrected chi connectivity index (χ3v) is 5.26. The predicted molar refractivity (Wildman–Crippen MR) is 118 cm³/mol. The summed E-state index contributed by atoms with van der Waals surface area (Å²) in [6, 6.07) is 15.3. The van der Waals surface area contributed by atoms with E-state index in [1.54, 1.807) is 48.3 Å². The van der Waals surface area contributed by atoms with E-state index >= 15 is 0 Å². The van der Waals surface area contributed by atoms with Crippen LogP contribution in [0.3, 0.4) is 0 Å². The van der Waals surface area contributed by atoms with Crippen LogP contribution in [-0.2, 0) is 25.3 Å². The number of nitrogens with zero attached hydrogens (tertiary/aromatic N) is 3. The second-order valence-electron chi connectivity index (χ2n) is 7.46. The number of hydrogen-bond donors (Lipinski definition) is 1. The van der Waals surface area contributed by atoms with Crippen molar-refractivity contribution in [2.24, 2.45) is 14.1 Å². The number of amides is 1. The highest BCUT2D eigenvalue weighted by molar-refractivity contribution is 6.07. The first kappa shape index (κ1) is 19.6. The number of anilines is 1. The lowest BCUT2D eigenvalue weighted by Gasteiger charge is -2.07. The molecule has 0 aliphatic carbocycles. The molecule has 6 nitrogen and oxygen atoms in total. The number of rotatable bonds is 7. The van der Waals surface area contributed by atoms with E-state index in [2.05, 4.69) is 33.2 Å². The fourth-order valence-electron chi connectivity index (χ4n) is 3.74. The molecule has 0 aliphatic heterocycles. The molecule has 4 aromatic rings. The fourth-order valence-corrected chi connectivity index (χ4v) is 3.74. The van der Waals surface area contributed by atoms with Gasteiger partial charge in [-0.2, -0.15) is 0 Å². The van der Waals surface area contributed by atoms with Crippen molar-refractivity contribution >= 4 is 28.3 Å². The summed E-state index contributed by atoms with van der Waals surface area (Å²) in [5.41, 5.74) is 3.57. The Balaban J connectivity index is 1.36. The summed E-state index contributed by atoms with van der Waals surface area (Å²) in [5, 5.41) is 4.14. The Bertz CT molecular complexity index is 1220. The summed E-state index contributed by atoms with van der Waals surface area (Å²) in [4.78, 5) is 29.1. The Hall–Kier alpha value is -3.67. The molecule has 0 bridgehead atoms. The molecule has 30 heavy (non-hydrogen) atoms. The molecule has 0 atom stereocenters. The van der Waals surface area contributed by atoms with Gasteiger partial charge in [-0.3, -0.25) is 9.59 Å². The van der Waals surface area contributed by atoms with Crippen molar-refractivity contribution in [3.63, 3.8) is 0 Å². The maximum absolute atomic E-state index is 12.6. The van der Waals surface area contributed by atoms with Gasteiger partial charge in [0.2, 0.25) is 11.7 Å². The first-order valence-electron chi connectivity index (χ1n) is 9.98. The molecule has 0 saturated carbocycles. The number of aromatic nitrogens is 3. The van der Waals surface area contributed by atoms with Gasteiger partial charge in [0.25, 0.3) is 0 Å². The summed E-state index contributed by atoms with van der Waals surface area (Å²) in [7, 11) is 3.82. The maximum Gasteiger partial charge on any atom is 0.228 e. The van der Waals surface area contributed by atoms with Crippen molar-refractivity contribution in [3.8, 4) is 0 Å². The minimum Gasteiger partial charge on any atom is -0.350 e. The molecule has 1 N–H and O–H groups in total. The van der Waals surface area contributed by atoms with Gasteiger partial charge in [0.05, 0.1) is 0 Å². The molecule has 0 spiro atoms. The molecule has 0 saturated heterocycles. The summed E-state index contributed by atoms with van der Waals surface area (Å²) in [5.74, 6) is 0.139. The molecule has 2 heterocycles. The van der Waals surface area contributed by atoms with Crippen molar-refractivity contribution in [1.29, 1.82) is 0 Å². The quantitative estimate of drug-likeness (QED) is 0.475. The molecule has 2 aromatic carbocycles. The van der Waals surface area contributed by atoms with Gasteiger partial charge in [-0.15, -0.1) is 0 Å². The topological polar surface area (TPSA) is 68.9 Å². The van der Waals surface area contributed by atoms with Crippen molar-refractivity contribution in [1.82, 2.24) is 14.1 Å². The van der Waals surface area contributed by atoms with Gasteiger partial charge in [0, 0.05) is 61.3 Å². The Labute approximate surface area is 175 Å². The van der Waals surface area contributed by atoms with Crippen molar-refractivity contribution in [2.75, 3.05) is 5.32 Å². The number of fused-ring (bicyclic) bond motifs is 1. The second kappa shape index (κ2) is 8.37. The van der Waals surface area contributed by atoms with Gasteiger partial charge in [-0.25, -0.2) is 4.98 Å². The van der Waals surface area contributed by atoms with E-state index in [1.807, 2.05) is 19.2 Å². The van der Waals surface area contributed by atoms with E-state index in [0.717, 1.165) is 12.8 Å². The van der Waals surface area contributed by atoms with Gasteiger partial charge < -0.3 is 14.5 Å². The van der Waals surface area contributed by atoms with Crippen LogP contribution >= 0.6 is 0 Å². The highest BCUT2D eigenvalue weighted by Crippen LogP contribution is 2.22. The third-order valence-electron chi connectivity index (χ3n) is 5.26. The van der Waals surface area contributed by atoms with E-state index in [-0.39, 0.29) is 11.7 Å². The number of carbonyl (C=O) groups excluding carboxylic acids is 2. The zero-order valence-electron chi connectivity index (χ0n) is 17.1. The van der Waals surface area contributed by atoms with E-state index in [0.29, 0.717) is 23.5 Å². The SMILES string of the molecule is Cn1ccnc1C(=O)c1cccc(NC(=O)CCCc2cn(C)c3ccccc23)c1. The van der Waals surface area contributed by atoms with Gasteiger partial charge in [-0.1, -0.05) is 30.3 Å². The van der Waals surface area contributed by atoms with Crippen LogP contribution in [0.15, 0.2) is 67.1 Å². The molecule has 0 unspecified atom stereocenters. The number of aryl methyl sites for hydroxylation is 3. The first-order valence-corrected chi connectivity index (χ1v) is 9.98. The van der Waals surface area contributed by atoms with Gasteiger partial charge in [-0.05, 0) is 36.6 Å². The van der Waals surface area contributed by atoms with Crippen LogP contribution < -0.4 is 5.32 Å². The largest absolute Gasteiger partial charge is 0.350 e. The second-order valence-corrected chi connectivity index (χ2v) is 7.46. The minimum atomic E-state index is -0.172. The zero-order valence-corrected chi connectivity index (χ0v) is 17.1. The Morgan fingerprint density at radius 3 is 2.67 bits per heavy atom. The monoisotopic (exact) mass is 400 g/mol. The molecule has 0 fully saturated rings. The van der Waals surface area contributed by atoms with Crippen LogP contribution in [0.4, 0.5) is 5.69 Å². The van der Waals surface area contributed by atoms with E-state index in [4.69, 9.17) is 0 Å². The molecule has 0 radical (unpaired) electrons. The molecule has 0 aliphatic rings. The molecular weight excluding hydrogens is 376 g/mol. The first-order chi connectivity index (χ1) is 14.5. The number of imidazole rings is 1. The Morgan fingerprint density at radius 2 is 1.87 bits per heavy atom. The van der Waals surface area contributed by atoms with Gasteiger partial charge >= 0.3 is 0 Å². The van der Waals surface area contributed by atoms with Crippen molar-refractivity contribution in [3.05, 3.63) is 84.1 Å². The highest BCUT2D eigenvalue weighted by atomic mass is 16.1. The van der Waals surface area contributed by atoms with E-state index in [1.165, 1.54) is 16.5 Å². The summed E-state index contributed by atoms with van der Waals surface area (Å²) in [6.07, 6.45) is 7.47. The molecular formula is C24H24N4O2. The lowest BCUT2D eigenvalue weighted by atomic mass is 10.1. The maximum atomic E-state index is 12.6. The number of hydrogen-bond acceptors (Lipinski definition) is 3. The number of carbonyl (C=O) groups is 2. The van der Waals surface area contributed by atoms with Gasteiger partial charge in [0.1, 0.15) is 0 Å². The zero-order chi connectivity index (χ0) is 21.1. The smallest absolute Gasteiger partial charge is 0.228 e. The van der Waals surface area contributed by atoms with Gasteiger partial charge in [0.15, 0.2) is 5.82 Å². The lowest BCUT2D eigenvalue weighted by molar-refractivity contribution is -0.116. The summed E-state index contributed by atoms with van der Waals surface area (Å²) >= 11 is 0. The lowest BCUT2D eigenvalue weighted by Crippen LogP contribution is -2.13.